The molecule has 8 nitrogen and oxygen atoms in total. The van der Waals surface area contributed by atoms with Crippen LogP contribution < -0.4 is 0 Å². The van der Waals surface area contributed by atoms with Gasteiger partial charge in [-0.25, -0.2) is 19.6 Å². The van der Waals surface area contributed by atoms with E-state index in [1.54, 1.807) is 19.3 Å². The molecule has 2 aromatic heterocycles. The number of nitrogens with zero attached hydrogens (tertiary/aromatic N) is 5. The van der Waals surface area contributed by atoms with Crippen LogP contribution in [0, 0.1) is 6.92 Å². The summed E-state index contributed by atoms with van der Waals surface area (Å²) in [5.74, 6) is 0. The molecule has 0 saturated heterocycles. The van der Waals surface area contributed by atoms with Gasteiger partial charge in [-0.05, 0) is 13.0 Å². The minimum Gasteiger partial charge on any atom is -0.465 e. The van der Waals surface area contributed by atoms with Crippen molar-refractivity contribution in [3.63, 3.8) is 0 Å². The topological polar surface area (TPSA) is 91.6 Å². The highest BCUT2D eigenvalue weighted by Crippen LogP contribution is 2.15. The first kappa shape index (κ1) is 14.8. The second-order valence-electron chi connectivity index (χ2n) is 4.79. The third-order valence-corrected chi connectivity index (χ3v) is 3.31. The predicted octanol–water partition coefficient (Wildman–Crippen LogP) is 1.25. The molecule has 0 atom stereocenters. The third kappa shape index (κ3) is 2.93. The van der Waals surface area contributed by atoms with Crippen molar-refractivity contribution in [2.24, 2.45) is 0 Å². The van der Waals surface area contributed by atoms with Crippen LogP contribution in [0.2, 0.25) is 0 Å². The van der Waals surface area contributed by atoms with Gasteiger partial charge in [0.05, 0.1) is 5.69 Å². The molecule has 8 heteroatoms. The van der Waals surface area contributed by atoms with Crippen LogP contribution in [-0.4, -0.2) is 68.8 Å². The Morgan fingerprint density at radius 3 is 2.57 bits per heavy atom. The number of rotatable bonds is 3. The molecule has 0 bridgehead atoms. The fourth-order valence-corrected chi connectivity index (χ4v) is 1.91. The summed E-state index contributed by atoms with van der Waals surface area (Å²) in [7, 11) is 3.08. The van der Waals surface area contributed by atoms with E-state index in [1.807, 2.05) is 6.92 Å². The van der Waals surface area contributed by atoms with E-state index < -0.39 is 6.09 Å². The van der Waals surface area contributed by atoms with Gasteiger partial charge in [-0.2, -0.15) is 0 Å². The zero-order valence-electron chi connectivity index (χ0n) is 12.1. The molecule has 2 rings (SSSR count). The van der Waals surface area contributed by atoms with Gasteiger partial charge in [-0.1, -0.05) is 0 Å². The first-order valence-electron chi connectivity index (χ1n) is 6.40. The maximum Gasteiger partial charge on any atom is 0.407 e. The first-order valence-corrected chi connectivity index (χ1v) is 6.40. The number of amides is 2. The Bertz CT molecular complexity index is 681. The summed E-state index contributed by atoms with van der Waals surface area (Å²) in [6, 6.07) is 1.53. The maximum atomic E-state index is 12.4. The monoisotopic (exact) mass is 291 g/mol. The zero-order chi connectivity index (χ0) is 15.6. The van der Waals surface area contributed by atoms with Crippen molar-refractivity contribution in [2.45, 2.75) is 6.92 Å². The highest BCUT2D eigenvalue weighted by molar-refractivity contribution is 5.90. The van der Waals surface area contributed by atoms with E-state index in [0.29, 0.717) is 12.2 Å². The van der Waals surface area contributed by atoms with Gasteiger partial charge in [0, 0.05) is 38.8 Å². The molecule has 1 N–H and O–H groups in total. The fraction of sp³-hybridized carbons (Fsp3) is 0.385. The molecular weight excluding hydrogens is 274 g/mol. The lowest BCUT2D eigenvalue weighted by atomic mass is 10.3. The molecule has 0 spiro atoms. The molecule has 2 aromatic rings. The van der Waals surface area contributed by atoms with Gasteiger partial charge in [0.25, 0.3) is 0 Å². The third-order valence-electron chi connectivity index (χ3n) is 3.31. The van der Waals surface area contributed by atoms with E-state index in [9.17, 15) is 9.59 Å². The summed E-state index contributed by atoms with van der Waals surface area (Å²) in [4.78, 5) is 33.9. The average molecular weight is 291 g/mol. The van der Waals surface area contributed by atoms with Crippen LogP contribution in [0.15, 0.2) is 18.6 Å². The fourth-order valence-electron chi connectivity index (χ4n) is 1.91. The van der Waals surface area contributed by atoms with E-state index in [0.717, 1.165) is 16.0 Å². The summed E-state index contributed by atoms with van der Waals surface area (Å²) in [5, 5.41) is 9.61. The molecule has 0 aliphatic rings. The number of carbonyl (C=O) groups excluding carboxylic acids is 1. The number of likely N-dealkylation sites (N-methyl/N-ethyl adjacent to an activating group) is 2. The smallest absolute Gasteiger partial charge is 0.407 e. The molecule has 112 valence electrons. The van der Waals surface area contributed by atoms with Gasteiger partial charge in [0.2, 0.25) is 0 Å². The van der Waals surface area contributed by atoms with Gasteiger partial charge in [-0.3, -0.25) is 4.57 Å². The molecule has 0 aromatic carbocycles. The molecule has 0 saturated carbocycles. The Kier molecular flexibility index (Phi) is 4.06. The normalized spacial score (nSPS) is 10.6. The number of aromatic nitrogens is 3. The molecule has 0 aliphatic heterocycles. The van der Waals surface area contributed by atoms with Crippen LogP contribution in [-0.2, 0) is 0 Å². The first-order chi connectivity index (χ1) is 9.91. The SMILES string of the molecule is Cc1ncnc2c1ccn2C(=O)N(C)CCN(C)C(=O)O. The van der Waals surface area contributed by atoms with E-state index in [2.05, 4.69) is 9.97 Å². The summed E-state index contributed by atoms with van der Waals surface area (Å²) in [6.07, 6.45) is 2.04. The second kappa shape index (κ2) is 5.78. The Morgan fingerprint density at radius 1 is 1.24 bits per heavy atom. The number of carboxylic acid groups (broad SMARTS) is 1. The quantitative estimate of drug-likeness (QED) is 0.918. The summed E-state index contributed by atoms with van der Waals surface area (Å²) >= 11 is 0. The van der Waals surface area contributed by atoms with Crippen molar-refractivity contribution >= 4 is 23.2 Å². The molecule has 21 heavy (non-hydrogen) atoms. The minimum atomic E-state index is -1.02. The number of hydrogen-bond donors (Lipinski definition) is 1. The number of aryl methyl sites for hydroxylation is 1. The number of hydrogen-bond acceptors (Lipinski definition) is 4. The van der Waals surface area contributed by atoms with E-state index in [-0.39, 0.29) is 12.6 Å². The molecule has 2 amide bonds. The molecule has 0 fully saturated rings. The largest absolute Gasteiger partial charge is 0.465 e. The lowest BCUT2D eigenvalue weighted by molar-refractivity contribution is 0.150. The Labute approximate surface area is 121 Å². The van der Waals surface area contributed by atoms with Crippen molar-refractivity contribution in [3.8, 4) is 0 Å². The minimum absolute atomic E-state index is 0.241. The Hall–Kier alpha value is -2.64. The van der Waals surface area contributed by atoms with Crippen molar-refractivity contribution < 1.29 is 14.7 Å². The Morgan fingerprint density at radius 2 is 1.90 bits per heavy atom. The van der Waals surface area contributed by atoms with Crippen LogP contribution >= 0.6 is 0 Å². The summed E-state index contributed by atoms with van der Waals surface area (Å²) in [6.45, 7) is 2.39. The lowest BCUT2D eigenvalue weighted by Crippen LogP contribution is -2.38. The van der Waals surface area contributed by atoms with Crippen LogP contribution in [0.3, 0.4) is 0 Å². The lowest BCUT2D eigenvalue weighted by Gasteiger charge is -2.20. The van der Waals surface area contributed by atoms with E-state index in [1.165, 1.54) is 22.8 Å². The van der Waals surface area contributed by atoms with Gasteiger partial charge < -0.3 is 14.9 Å². The number of carbonyl (C=O) groups is 2. The van der Waals surface area contributed by atoms with E-state index in [4.69, 9.17) is 5.11 Å². The van der Waals surface area contributed by atoms with Crippen molar-refractivity contribution in [1.82, 2.24) is 24.3 Å². The van der Waals surface area contributed by atoms with Crippen molar-refractivity contribution in [2.75, 3.05) is 27.2 Å². The average Bonchev–Trinajstić information content (AvgIpc) is 2.88. The predicted molar refractivity (Wildman–Crippen MR) is 76.3 cm³/mol. The Balaban J connectivity index is 2.15. The van der Waals surface area contributed by atoms with Gasteiger partial charge >= 0.3 is 12.1 Å². The maximum absolute atomic E-state index is 12.4. The van der Waals surface area contributed by atoms with Crippen LogP contribution in [0.25, 0.3) is 11.0 Å². The standard InChI is InChI=1S/C13H17N5O3/c1-9-10-4-5-18(11(10)15-8-14-9)12(19)16(2)6-7-17(3)13(20)21/h4-5,8H,6-7H2,1-3H3,(H,20,21). The van der Waals surface area contributed by atoms with Crippen molar-refractivity contribution in [3.05, 3.63) is 24.3 Å². The molecule has 2 heterocycles. The van der Waals surface area contributed by atoms with Gasteiger partial charge in [-0.15, -0.1) is 0 Å². The highest BCUT2D eigenvalue weighted by Gasteiger charge is 2.16. The number of fused-ring (bicyclic) bond motifs is 1. The highest BCUT2D eigenvalue weighted by atomic mass is 16.4. The van der Waals surface area contributed by atoms with Crippen LogP contribution in [0.5, 0.6) is 0 Å². The molecule has 0 unspecified atom stereocenters. The molecule has 0 radical (unpaired) electrons. The van der Waals surface area contributed by atoms with E-state index >= 15 is 0 Å². The van der Waals surface area contributed by atoms with Crippen LogP contribution in [0.1, 0.15) is 5.69 Å². The second-order valence-corrected chi connectivity index (χ2v) is 4.79. The molecule has 0 aliphatic carbocycles. The zero-order valence-corrected chi connectivity index (χ0v) is 12.1. The summed E-state index contributed by atoms with van der Waals surface area (Å²) < 4.78 is 1.44. The van der Waals surface area contributed by atoms with Crippen LogP contribution in [0.4, 0.5) is 9.59 Å². The van der Waals surface area contributed by atoms with Gasteiger partial charge in [0.15, 0.2) is 5.65 Å². The summed E-state index contributed by atoms with van der Waals surface area (Å²) in [5.41, 5.74) is 1.35. The molecular formula is C13H17N5O3. The van der Waals surface area contributed by atoms with Gasteiger partial charge in [0.1, 0.15) is 6.33 Å². The van der Waals surface area contributed by atoms with Crippen molar-refractivity contribution in [1.29, 1.82) is 0 Å².